The zero-order valence-electron chi connectivity index (χ0n) is 24.7. The highest BCUT2D eigenvalue weighted by Gasteiger charge is 2.69. The Morgan fingerprint density at radius 2 is 1.69 bits per heavy atom. The van der Waals surface area contributed by atoms with Gasteiger partial charge in [-0.3, -0.25) is 24.1 Å². The van der Waals surface area contributed by atoms with E-state index in [1.807, 2.05) is 6.07 Å². The number of aromatic amines is 1. The van der Waals surface area contributed by atoms with Crippen molar-refractivity contribution in [2.24, 2.45) is 29.6 Å². The van der Waals surface area contributed by atoms with Gasteiger partial charge in [-0.15, -0.1) is 11.8 Å². The zero-order valence-corrected chi connectivity index (χ0v) is 26.3. The second kappa shape index (κ2) is 11.3. The van der Waals surface area contributed by atoms with Crippen LogP contribution in [0.3, 0.4) is 0 Å². The Morgan fingerprint density at radius 1 is 0.958 bits per heavy atom. The highest BCUT2D eigenvalue weighted by atomic mass is 32.2. The number of fused-ring (bicyclic) bond motifs is 9. The summed E-state index contributed by atoms with van der Waals surface area (Å²) in [6.07, 6.45) is -4.02. The molecule has 8 rings (SSSR count). The molecule has 48 heavy (non-hydrogen) atoms. The number of hydrogen-bond donors (Lipinski definition) is 2. The summed E-state index contributed by atoms with van der Waals surface area (Å²) in [4.78, 5) is 57.4. The molecule has 3 aromatic carbocycles. The van der Waals surface area contributed by atoms with Gasteiger partial charge in [0.25, 0.3) is 5.91 Å². The van der Waals surface area contributed by atoms with Gasteiger partial charge in [-0.1, -0.05) is 29.5 Å². The Morgan fingerprint density at radius 3 is 2.44 bits per heavy atom. The van der Waals surface area contributed by atoms with Gasteiger partial charge in [0.05, 0.1) is 28.1 Å². The van der Waals surface area contributed by atoms with Crippen molar-refractivity contribution in [3.05, 3.63) is 104 Å². The van der Waals surface area contributed by atoms with Crippen molar-refractivity contribution in [1.82, 2.24) is 4.98 Å². The predicted octanol–water partition coefficient (Wildman–Crippen LogP) is 6.29. The van der Waals surface area contributed by atoms with Crippen LogP contribution in [-0.4, -0.2) is 34.6 Å². The zero-order chi connectivity index (χ0) is 33.5. The smallest absolute Gasteiger partial charge is 0.416 e. The molecule has 2 bridgehead atoms. The summed E-state index contributed by atoms with van der Waals surface area (Å²) in [5, 5.41) is 3.23. The molecule has 3 heterocycles. The predicted molar refractivity (Wildman–Crippen MR) is 169 cm³/mol. The number of ether oxygens (including phenoxy) is 1. The molecule has 0 unspecified atom stereocenters. The Kier molecular flexibility index (Phi) is 7.29. The van der Waals surface area contributed by atoms with Gasteiger partial charge < -0.3 is 15.0 Å². The van der Waals surface area contributed by atoms with E-state index in [4.69, 9.17) is 4.74 Å². The molecule has 3 amide bonds. The van der Waals surface area contributed by atoms with Gasteiger partial charge in [0.15, 0.2) is 6.61 Å². The van der Waals surface area contributed by atoms with Gasteiger partial charge >= 0.3 is 11.0 Å². The standard InChI is InChI=1S/C34H25F4N3O5S2/c35-17-7-9-18(10-8-17)39-23(42)14-46-20-6-1-3-15(11-20)24-25-21-13-22(28(25)47-30-29(24)48-33(45)40-30)27-26(21)31(43)41(32(27)44)19-5-2-4-16(12-19)34(36,37)38/h1-12,21-22,24-28H,13-14H2,(H,39,42)(H,40,45)/t21-,22-,24+,25-,26+,27+,28-/m1/s1. The number of nitrogens with zero attached hydrogens (tertiary/aromatic N) is 1. The number of benzene rings is 3. The van der Waals surface area contributed by atoms with Crippen molar-refractivity contribution in [2.75, 3.05) is 16.8 Å². The van der Waals surface area contributed by atoms with Crippen molar-refractivity contribution in [3.8, 4) is 5.75 Å². The van der Waals surface area contributed by atoms with Crippen LogP contribution in [0.5, 0.6) is 5.75 Å². The molecule has 1 aromatic heterocycles. The monoisotopic (exact) mass is 695 g/mol. The number of thiazole rings is 1. The average molecular weight is 696 g/mol. The van der Waals surface area contributed by atoms with Crippen molar-refractivity contribution in [2.45, 2.75) is 28.8 Å². The summed E-state index contributed by atoms with van der Waals surface area (Å²) < 4.78 is 59.6. The highest BCUT2D eigenvalue weighted by Crippen LogP contribution is 2.68. The minimum atomic E-state index is -4.63. The van der Waals surface area contributed by atoms with Crippen LogP contribution in [0, 0.1) is 35.4 Å². The molecule has 2 N–H and O–H groups in total. The summed E-state index contributed by atoms with van der Waals surface area (Å²) >= 11 is 2.59. The Balaban J connectivity index is 1.08. The van der Waals surface area contributed by atoms with E-state index in [0.717, 1.165) is 38.8 Å². The van der Waals surface area contributed by atoms with Gasteiger partial charge in [0, 0.05) is 21.7 Å². The van der Waals surface area contributed by atoms with Crippen LogP contribution in [0.25, 0.3) is 0 Å². The maximum Gasteiger partial charge on any atom is 0.416 e. The molecule has 14 heteroatoms. The lowest BCUT2D eigenvalue weighted by Gasteiger charge is -2.43. The van der Waals surface area contributed by atoms with E-state index >= 15 is 0 Å². The van der Waals surface area contributed by atoms with Gasteiger partial charge in [0.2, 0.25) is 11.8 Å². The number of H-pyrrole nitrogens is 1. The Labute approximate surface area is 278 Å². The van der Waals surface area contributed by atoms with E-state index in [0.29, 0.717) is 22.9 Å². The van der Waals surface area contributed by atoms with Gasteiger partial charge in [-0.25, -0.2) is 4.39 Å². The van der Waals surface area contributed by atoms with Crippen LogP contribution >= 0.6 is 23.1 Å². The van der Waals surface area contributed by atoms with Crippen molar-refractivity contribution in [1.29, 1.82) is 0 Å². The first-order chi connectivity index (χ1) is 23.0. The minimum Gasteiger partial charge on any atom is -0.484 e. The maximum absolute atomic E-state index is 14.0. The fourth-order valence-electron chi connectivity index (χ4n) is 8.14. The number of halogens is 4. The van der Waals surface area contributed by atoms with E-state index in [9.17, 15) is 36.7 Å². The van der Waals surface area contributed by atoms with Gasteiger partial charge in [0.1, 0.15) is 11.6 Å². The number of imide groups is 1. The Bertz CT molecular complexity index is 2030. The van der Waals surface area contributed by atoms with Crippen LogP contribution in [0.1, 0.15) is 28.3 Å². The fourth-order valence-corrected chi connectivity index (χ4v) is 11.0. The molecule has 2 aliphatic carbocycles. The van der Waals surface area contributed by atoms with Crippen LogP contribution in [0.15, 0.2) is 82.6 Å². The molecular weight excluding hydrogens is 671 g/mol. The number of carbonyl (C=O) groups is 3. The molecule has 0 radical (unpaired) electrons. The average Bonchev–Trinajstić information content (AvgIpc) is 3.79. The van der Waals surface area contributed by atoms with E-state index < -0.39 is 47.1 Å². The quantitative estimate of drug-likeness (QED) is 0.181. The summed E-state index contributed by atoms with van der Waals surface area (Å²) in [5.41, 5.74) is 0.209. The molecule has 246 valence electrons. The number of carbonyl (C=O) groups excluding carboxylic acids is 3. The van der Waals surface area contributed by atoms with Crippen LogP contribution in [-0.2, 0) is 20.6 Å². The topological polar surface area (TPSA) is 109 Å². The van der Waals surface area contributed by atoms with E-state index in [1.165, 1.54) is 48.2 Å². The molecule has 7 atom stereocenters. The molecule has 3 fully saturated rings. The molecule has 2 saturated carbocycles. The number of alkyl halides is 3. The fraction of sp³-hybridized carbons (Fsp3) is 0.294. The lowest BCUT2D eigenvalue weighted by Crippen LogP contribution is -2.42. The number of anilines is 2. The first-order valence-corrected chi connectivity index (χ1v) is 16.9. The molecule has 4 aliphatic rings. The number of nitrogens with one attached hydrogen (secondary N) is 2. The Hall–Kier alpha value is -4.43. The second-order valence-electron chi connectivity index (χ2n) is 12.4. The van der Waals surface area contributed by atoms with E-state index in [1.54, 1.807) is 18.2 Å². The number of thioether (sulfide) groups is 1. The molecule has 4 aromatic rings. The normalized spacial score (nSPS) is 27.1. The summed E-state index contributed by atoms with van der Waals surface area (Å²) in [6, 6.07) is 16.8. The second-order valence-corrected chi connectivity index (χ2v) is 14.6. The summed E-state index contributed by atoms with van der Waals surface area (Å²) in [5.74, 6) is -3.71. The van der Waals surface area contributed by atoms with Crippen molar-refractivity contribution in [3.63, 3.8) is 0 Å². The third-order valence-electron chi connectivity index (χ3n) is 9.87. The lowest BCUT2D eigenvalue weighted by molar-refractivity contribution is -0.137. The molecule has 8 nitrogen and oxygen atoms in total. The van der Waals surface area contributed by atoms with Gasteiger partial charge in [-0.2, -0.15) is 13.2 Å². The number of aromatic nitrogens is 1. The van der Waals surface area contributed by atoms with Crippen molar-refractivity contribution >= 4 is 52.2 Å². The van der Waals surface area contributed by atoms with Crippen LogP contribution in [0.4, 0.5) is 28.9 Å². The number of amides is 3. The first-order valence-electron chi connectivity index (χ1n) is 15.2. The van der Waals surface area contributed by atoms with Crippen LogP contribution in [0.2, 0.25) is 0 Å². The highest BCUT2D eigenvalue weighted by molar-refractivity contribution is 8.00. The van der Waals surface area contributed by atoms with Crippen molar-refractivity contribution < 1.29 is 36.7 Å². The molecule has 0 spiro atoms. The molecule has 1 saturated heterocycles. The first kappa shape index (κ1) is 30.9. The van der Waals surface area contributed by atoms with Crippen LogP contribution < -0.4 is 19.8 Å². The van der Waals surface area contributed by atoms with E-state index in [-0.39, 0.29) is 46.1 Å². The minimum absolute atomic E-state index is 0.0856. The largest absolute Gasteiger partial charge is 0.484 e. The lowest BCUT2D eigenvalue weighted by atomic mass is 9.68. The number of rotatable bonds is 6. The SMILES string of the molecule is O=C(COc1cccc([C@@H]2c3sc(=O)[nH]c3S[C@@H]3[C@@H]4C[C@@H]([C@@H]5C(=O)N(c6cccc(C(F)(F)F)c6)C(=O)[C@@H]45)[C@H]23)c1)Nc1ccc(F)cc1. The molecular formula is C34H25F4N3O5S2. The summed E-state index contributed by atoms with van der Waals surface area (Å²) in [7, 11) is 0. The third kappa shape index (κ3) is 5.04. The van der Waals surface area contributed by atoms with E-state index in [2.05, 4.69) is 10.3 Å². The summed E-state index contributed by atoms with van der Waals surface area (Å²) in [6.45, 7) is -0.313. The maximum atomic E-state index is 14.0. The number of hydrogen-bond acceptors (Lipinski definition) is 7. The molecule has 2 aliphatic heterocycles. The third-order valence-corrected chi connectivity index (χ3v) is 12.5. The van der Waals surface area contributed by atoms with Gasteiger partial charge in [-0.05, 0) is 84.3 Å².